The number of hydrogen-bond acceptors (Lipinski definition) is 6. The number of carbonyl (C=O) groups excluding carboxylic acids is 1. The fraction of sp³-hybridized carbons (Fsp3) is 0.476. The van der Waals surface area contributed by atoms with Crippen molar-refractivity contribution >= 4 is 23.3 Å². The number of anilines is 1. The second kappa shape index (κ2) is 9.89. The number of nitrogens with zero attached hydrogens (tertiary/aromatic N) is 3. The van der Waals surface area contributed by atoms with Crippen molar-refractivity contribution in [2.45, 2.75) is 26.2 Å². The van der Waals surface area contributed by atoms with Gasteiger partial charge in [0.05, 0.1) is 30.2 Å². The normalized spacial score (nSPS) is 15.3. The third kappa shape index (κ3) is 5.16. The lowest BCUT2D eigenvalue weighted by Crippen LogP contribution is -2.34. The maximum atomic E-state index is 12.7. The SMILES string of the molecule is COC(=O)c1ccccc1-n1ncc(NCCCN2CCC(C)CC2)c(Cl)c1=O. The molecule has 0 unspecified atom stereocenters. The molecule has 1 aromatic heterocycles. The summed E-state index contributed by atoms with van der Waals surface area (Å²) in [6.07, 6.45) is 4.99. The summed E-state index contributed by atoms with van der Waals surface area (Å²) < 4.78 is 5.90. The van der Waals surface area contributed by atoms with E-state index >= 15 is 0 Å². The van der Waals surface area contributed by atoms with E-state index in [1.807, 2.05) is 0 Å². The number of para-hydroxylation sites is 1. The lowest BCUT2D eigenvalue weighted by atomic mass is 9.99. The van der Waals surface area contributed by atoms with Gasteiger partial charge in [-0.3, -0.25) is 4.79 Å². The summed E-state index contributed by atoms with van der Waals surface area (Å²) in [5.41, 5.74) is 0.586. The molecule has 1 N–H and O–H groups in total. The topological polar surface area (TPSA) is 76.5 Å². The molecule has 0 radical (unpaired) electrons. The van der Waals surface area contributed by atoms with Gasteiger partial charge in [-0.15, -0.1) is 0 Å². The highest BCUT2D eigenvalue weighted by Gasteiger charge is 2.18. The molecule has 2 aromatic rings. The molecule has 0 spiro atoms. The maximum absolute atomic E-state index is 12.7. The number of aromatic nitrogens is 2. The molecular weight excluding hydrogens is 392 g/mol. The van der Waals surface area contributed by atoms with Gasteiger partial charge in [-0.2, -0.15) is 9.78 Å². The lowest BCUT2D eigenvalue weighted by Gasteiger charge is -2.30. The van der Waals surface area contributed by atoms with E-state index < -0.39 is 11.5 Å². The van der Waals surface area contributed by atoms with Crippen molar-refractivity contribution in [3.8, 4) is 5.69 Å². The third-order valence-corrected chi connectivity index (χ3v) is 5.66. The zero-order valence-corrected chi connectivity index (χ0v) is 17.6. The molecule has 29 heavy (non-hydrogen) atoms. The van der Waals surface area contributed by atoms with Crippen LogP contribution in [0.15, 0.2) is 35.3 Å². The Balaban J connectivity index is 1.66. The molecular formula is C21H27ClN4O3. The zero-order chi connectivity index (χ0) is 20.8. The van der Waals surface area contributed by atoms with Crippen LogP contribution in [0.5, 0.6) is 0 Å². The quantitative estimate of drug-likeness (QED) is 0.549. The Morgan fingerprint density at radius 1 is 1.31 bits per heavy atom. The highest BCUT2D eigenvalue weighted by Crippen LogP contribution is 2.19. The van der Waals surface area contributed by atoms with E-state index in [4.69, 9.17) is 16.3 Å². The molecule has 0 aliphatic carbocycles. The van der Waals surface area contributed by atoms with Crippen LogP contribution in [0, 0.1) is 5.92 Å². The Bertz CT molecular complexity index is 907. The van der Waals surface area contributed by atoms with Crippen LogP contribution in [0.3, 0.4) is 0 Å². The summed E-state index contributed by atoms with van der Waals surface area (Å²) in [5, 5.41) is 7.45. The molecule has 2 heterocycles. The predicted molar refractivity (Wildman–Crippen MR) is 114 cm³/mol. The smallest absolute Gasteiger partial charge is 0.340 e. The van der Waals surface area contributed by atoms with Gasteiger partial charge in [0.1, 0.15) is 5.02 Å². The molecule has 0 saturated carbocycles. The van der Waals surface area contributed by atoms with Crippen LogP contribution in [0.25, 0.3) is 5.69 Å². The molecule has 1 aliphatic rings. The van der Waals surface area contributed by atoms with Gasteiger partial charge in [-0.1, -0.05) is 30.7 Å². The van der Waals surface area contributed by atoms with E-state index in [2.05, 4.69) is 22.2 Å². The summed E-state index contributed by atoms with van der Waals surface area (Å²) in [7, 11) is 1.29. The number of carbonyl (C=O) groups is 1. The number of benzene rings is 1. The first-order valence-electron chi connectivity index (χ1n) is 9.93. The molecule has 7 nitrogen and oxygen atoms in total. The van der Waals surface area contributed by atoms with Crippen LogP contribution in [-0.2, 0) is 4.74 Å². The first-order valence-corrected chi connectivity index (χ1v) is 10.3. The van der Waals surface area contributed by atoms with Crippen molar-refractivity contribution in [3.05, 3.63) is 51.4 Å². The largest absolute Gasteiger partial charge is 0.465 e. The summed E-state index contributed by atoms with van der Waals surface area (Å²) in [5.74, 6) is 0.282. The molecule has 0 amide bonds. The second-order valence-electron chi connectivity index (χ2n) is 7.40. The first-order chi connectivity index (χ1) is 14.0. The minimum atomic E-state index is -0.542. The van der Waals surface area contributed by atoms with Crippen LogP contribution < -0.4 is 10.9 Å². The van der Waals surface area contributed by atoms with Crippen molar-refractivity contribution in [2.24, 2.45) is 5.92 Å². The van der Waals surface area contributed by atoms with Gasteiger partial charge < -0.3 is 15.0 Å². The number of halogens is 1. The number of nitrogens with one attached hydrogen (secondary N) is 1. The van der Waals surface area contributed by atoms with E-state index in [0.29, 0.717) is 17.9 Å². The van der Waals surface area contributed by atoms with Crippen LogP contribution in [0.2, 0.25) is 5.02 Å². The molecule has 1 aromatic carbocycles. The Kier molecular flexibility index (Phi) is 7.28. The fourth-order valence-electron chi connectivity index (χ4n) is 3.48. The monoisotopic (exact) mass is 418 g/mol. The van der Waals surface area contributed by atoms with Gasteiger partial charge in [0.15, 0.2) is 0 Å². The average molecular weight is 419 g/mol. The van der Waals surface area contributed by atoms with Gasteiger partial charge in [0.2, 0.25) is 0 Å². The fourth-order valence-corrected chi connectivity index (χ4v) is 3.68. The molecule has 1 fully saturated rings. The zero-order valence-electron chi connectivity index (χ0n) is 16.9. The number of piperidine rings is 1. The van der Waals surface area contributed by atoms with Crippen LogP contribution in [0.1, 0.15) is 36.5 Å². The van der Waals surface area contributed by atoms with Crippen molar-refractivity contribution in [1.29, 1.82) is 0 Å². The van der Waals surface area contributed by atoms with Crippen LogP contribution >= 0.6 is 11.6 Å². The van der Waals surface area contributed by atoms with Crippen molar-refractivity contribution in [2.75, 3.05) is 38.6 Å². The van der Waals surface area contributed by atoms with Crippen LogP contribution in [0.4, 0.5) is 5.69 Å². The van der Waals surface area contributed by atoms with Gasteiger partial charge in [0.25, 0.3) is 5.56 Å². The first kappa shape index (κ1) is 21.3. The number of ether oxygens (including phenoxy) is 1. The summed E-state index contributed by atoms with van der Waals surface area (Å²) in [4.78, 5) is 27.2. The number of likely N-dealkylation sites (tertiary alicyclic amines) is 1. The Morgan fingerprint density at radius 2 is 2.03 bits per heavy atom. The standard InChI is InChI=1S/C21H27ClN4O3/c1-15-8-12-25(13-9-15)11-5-10-23-17-14-24-26(20(27)19(17)22)18-7-4-3-6-16(18)21(28)29-2/h3-4,6-7,14-15,23H,5,8-13H2,1-2H3. The maximum Gasteiger partial charge on any atom is 0.340 e. The van der Waals surface area contributed by atoms with Gasteiger partial charge in [-0.25, -0.2) is 4.79 Å². The molecule has 3 rings (SSSR count). The molecule has 0 bridgehead atoms. The number of esters is 1. The van der Waals surface area contributed by atoms with Gasteiger partial charge in [-0.05, 0) is 56.9 Å². The van der Waals surface area contributed by atoms with Gasteiger partial charge in [0, 0.05) is 6.54 Å². The lowest BCUT2D eigenvalue weighted by molar-refractivity contribution is 0.0600. The van der Waals surface area contributed by atoms with Gasteiger partial charge >= 0.3 is 5.97 Å². The minimum absolute atomic E-state index is 0.0477. The van der Waals surface area contributed by atoms with E-state index in [1.54, 1.807) is 24.3 Å². The summed E-state index contributed by atoms with van der Waals surface area (Å²) in [6, 6.07) is 6.62. The van der Waals surface area contributed by atoms with Crippen molar-refractivity contribution in [1.82, 2.24) is 14.7 Å². The molecule has 156 valence electrons. The third-order valence-electron chi connectivity index (χ3n) is 5.30. The van der Waals surface area contributed by atoms with E-state index in [-0.39, 0.29) is 10.6 Å². The Hall–Kier alpha value is -2.38. The number of methoxy groups -OCH3 is 1. The molecule has 1 aliphatic heterocycles. The van der Waals surface area contributed by atoms with Crippen molar-refractivity contribution in [3.63, 3.8) is 0 Å². The van der Waals surface area contributed by atoms with E-state index in [0.717, 1.165) is 36.7 Å². The highest BCUT2D eigenvalue weighted by molar-refractivity contribution is 6.32. The molecule has 1 saturated heterocycles. The number of rotatable bonds is 7. The summed E-state index contributed by atoms with van der Waals surface area (Å²) in [6.45, 7) is 6.34. The van der Waals surface area contributed by atoms with Crippen molar-refractivity contribution < 1.29 is 9.53 Å². The summed E-state index contributed by atoms with van der Waals surface area (Å²) >= 11 is 6.30. The average Bonchev–Trinajstić information content (AvgIpc) is 2.75. The van der Waals surface area contributed by atoms with E-state index in [9.17, 15) is 9.59 Å². The minimum Gasteiger partial charge on any atom is -0.465 e. The Labute approximate surface area is 175 Å². The number of hydrogen-bond donors (Lipinski definition) is 1. The van der Waals surface area contributed by atoms with Crippen LogP contribution in [-0.4, -0.2) is 53.9 Å². The Morgan fingerprint density at radius 3 is 2.76 bits per heavy atom. The molecule has 8 heteroatoms. The molecule has 0 atom stereocenters. The predicted octanol–water partition coefficient (Wildman–Crippen LogP) is 3.21. The second-order valence-corrected chi connectivity index (χ2v) is 7.78. The van der Waals surface area contributed by atoms with E-state index in [1.165, 1.54) is 26.1 Å². The highest BCUT2D eigenvalue weighted by atomic mass is 35.5.